The zero-order valence-corrected chi connectivity index (χ0v) is 29.5. The maximum Gasteiger partial charge on any atom is 0.306 e. The molecule has 0 aliphatic heterocycles. The third-order valence-corrected chi connectivity index (χ3v) is 9.22. The normalized spacial score (nSPS) is 12.2. The fourth-order valence-electron chi connectivity index (χ4n) is 3.82. The first-order valence-electron chi connectivity index (χ1n) is 12.6. The Morgan fingerprint density at radius 3 is 1.25 bits per heavy atom. The van der Waals surface area contributed by atoms with Gasteiger partial charge in [0.15, 0.2) is 11.5 Å². The number of nitro groups is 1. The van der Waals surface area contributed by atoms with E-state index in [9.17, 15) is 43.8 Å². The van der Waals surface area contributed by atoms with Crippen LogP contribution in [0.3, 0.4) is 0 Å². The Balaban J connectivity index is 0.000000447. The Morgan fingerprint density at radius 2 is 0.909 bits per heavy atom. The van der Waals surface area contributed by atoms with Gasteiger partial charge in [-0.3, -0.25) is 14.3 Å². The molecule has 2 rings (SSSR count). The van der Waals surface area contributed by atoms with E-state index in [0.717, 1.165) is 23.6 Å². The number of hydrogen-bond donors (Lipinski definition) is 0. The second-order valence-electron chi connectivity index (χ2n) is 9.92. The molecule has 250 valence electrons. The molecule has 0 N–H and O–H groups in total. The highest BCUT2D eigenvalue weighted by molar-refractivity contribution is 7.87. The summed E-state index contributed by atoms with van der Waals surface area (Å²) in [6.07, 6.45) is 2.22. The highest BCUT2D eigenvalue weighted by Crippen LogP contribution is 2.46. The third kappa shape index (κ3) is 10.6. The molecule has 2 aromatic rings. The molecule has 0 fully saturated rings. The number of rotatable bonds is 11. The summed E-state index contributed by atoms with van der Waals surface area (Å²) in [5.74, 6) is -1.72. The molecule has 0 unspecified atom stereocenters. The van der Waals surface area contributed by atoms with Gasteiger partial charge in [0.25, 0.3) is 15.8 Å². The van der Waals surface area contributed by atoms with Crippen molar-refractivity contribution in [2.24, 2.45) is 0 Å². The molecule has 0 bridgehead atoms. The standard InChI is InChI=1S/C13H19NO5S.C12H18O9S3/c1-6-20(17,18)19-7-12-10(4)8(2)9(3)11(5)13(12)14(15)16;1-7-8(2)10(19-22(4,13)14)12(21-24(6,17)18)11(9(7)3)20-23(5,15)16/h6-7H2,1-5H3;1-6H3. The number of nitrogens with zero attached hydrogens (tertiary/aromatic N) is 1. The second-order valence-corrected chi connectivity index (χ2v) is 16.6. The Hall–Kier alpha value is -3.00. The Morgan fingerprint density at radius 1 is 0.568 bits per heavy atom. The molecule has 19 heteroatoms. The van der Waals surface area contributed by atoms with E-state index in [1.165, 1.54) is 20.8 Å². The van der Waals surface area contributed by atoms with Crippen LogP contribution >= 0.6 is 0 Å². The predicted molar refractivity (Wildman–Crippen MR) is 163 cm³/mol. The van der Waals surface area contributed by atoms with E-state index in [1.54, 1.807) is 20.8 Å². The van der Waals surface area contributed by atoms with Gasteiger partial charge in [-0.05, 0) is 77.6 Å². The molecule has 0 heterocycles. The Bertz CT molecular complexity index is 1830. The molecule has 0 atom stereocenters. The molecule has 2 aromatic carbocycles. The van der Waals surface area contributed by atoms with E-state index in [1.807, 2.05) is 13.8 Å². The lowest BCUT2D eigenvalue weighted by atomic mass is 9.93. The van der Waals surface area contributed by atoms with Gasteiger partial charge in [-0.25, -0.2) is 0 Å². The van der Waals surface area contributed by atoms with Crippen molar-refractivity contribution in [3.63, 3.8) is 0 Å². The van der Waals surface area contributed by atoms with Crippen LogP contribution < -0.4 is 12.5 Å². The van der Waals surface area contributed by atoms with E-state index < -0.39 is 62.6 Å². The lowest BCUT2D eigenvalue weighted by Crippen LogP contribution is -2.16. The summed E-state index contributed by atoms with van der Waals surface area (Å²) in [6.45, 7) is 12.8. The summed E-state index contributed by atoms with van der Waals surface area (Å²) in [7, 11) is -15.9. The monoisotopic (exact) mass is 703 g/mol. The minimum atomic E-state index is -4.13. The van der Waals surface area contributed by atoms with Crippen LogP contribution in [0.2, 0.25) is 0 Å². The summed E-state index contributed by atoms with van der Waals surface area (Å²) >= 11 is 0. The highest BCUT2D eigenvalue weighted by atomic mass is 32.2. The van der Waals surface area contributed by atoms with Gasteiger partial charge >= 0.3 is 30.4 Å². The zero-order chi connectivity index (χ0) is 34.7. The molecule has 0 aromatic heterocycles. The van der Waals surface area contributed by atoms with Crippen molar-refractivity contribution in [1.82, 2.24) is 0 Å². The van der Waals surface area contributed by atoms with Crippen molar-refractivity contribution in [2.45, 2.75) is 62.0 Å². The van der Waals surface area contributed by atoms with Gasteiger partial charge in [0.1, 0.15) is 0 Å². The molecular formula is C25H37NO14S4. The molecule has 0 aliphatic carbocycles. The first kappa shape index (κ1) is 39.0. The lowest BCUT2D eigenvalue weighted by molar-refractivity contribution is -0.386. The van der Waals surface area contributed by atoms with Crippen molar-refractivity contribution in [3.05, 3.63) is 54.6 Å². The fourth-order valence-corrected chi connectivity index (χ4v) is 5.75. The highest BCUT2D eigenvalue weighted by Gasteiger charge is 2.29. The fraction of sp³-hybridized carbons (Fsp3) is 0.520. The molecule has 0 saturated heterocycles. The summed E-state index contributed by atoms with van der Waals surface area (Å²) in [5.41, 5.74) is 4.25. The zero-order valence-electron chi connectivity index (χ0n) is 26.2. The summed E-state index contributed by atoms with van der Waals surface area (Å²) < 4.78 is 111. The average Bonchev–Trinajstić information content (AvgIpc) is 2.85. The minimum Gasteiger partial charge on any atom is -0.378 e. The van der Waals surface area contributed by atoms with Crippen LogP contribution in [0.15, 0.2) is 0 Å². The smallest absolute Gasteiger partial charge is 0.306 e. The largest absolute Gasteiger partial charge is 0.378 e. The number of nitro benzene ring substituents is 1. The van der Waals surface area contributed by atoms with Crippen LogP contribution in [0, 0.1) is 58.6 Å². The molecule has 15 nitrogen and oxygen atoms in total. The van der Waals surface area contributed by atoms with E-state index in [2.05, 4.69) is 0 Å². The van der Waals surface area contributed by atoms with Crippen molar-refractivity contribution in [1.29, 1.82) is 0 Å². The van der Waals surface area contributed by atoms with Crippen molar-refractivity contribution < 1.29 is 55.3 Å². The van der Waals surface area contributed by atoms with Gasteiger partial charge in [-0.2, -0.15) is 33.7 Å². The van der Waals surface area contributed by atoms with Gasteiger partial charge in [-0.15, -0.1) is 0 Å². The van der Waals surface area contributed by atoms with Crippen molar-refractivity contribution in [3.8, 4) is 17.2 Å². The van der Waals surface area contributed by atoms with Crippen LogP contribution in [0.5, 0.6) is 17.2 Å². The predicted octanol–water partition coefficient (Wildman–Crippen LogP) is 3.32. The maximum atomic E-state index is 11.5. The molecule has 0 amide bonds. The van der Waals surface area contributed by atoms with Crippen molar-refractivity contribution in [2.75, 3.05) is 24.5 Å². The average molecular weight is 704 g/mol. The topological polar surface area (TPSA) is 217 Å². The van der Waals surface area contributed by atoms with Crippen LogP contribution in [0.25, 0.3) is 0 Å². The van der Waals surface area contributed by atoms with Gasteiger partial charge in [0.05, 0.1) is 41.6 Å². The van der Waals surface area contributed by atoms with Crippen LogP contribution in [0.4, 0.5) is 5.69 Å². The third-order valence-electron chi connectivity index (χ3n) is 6.62. The Labute approximate surface area is 259 Å². The van der Waals surface area contributed by atoms with Gasteiger partial charge < -0.3 is 12.5 Å². The van der Waals surface area contributed by atoms with E-state index in [0.29, 0.717) is 28.5 Å². The van der Waals surface area contributed by atoms with E-state index in [-0.39, 0.29) is 29.2 Å². The molecule has 0 aliphatic rings. The molecular weight excluding hydrogens is 667 g/mol. The quantitative estimate of drug-likeness (QED) is 0.186. The summed E-state index contributed by atoms with van der Waals surface area (Å²) in [4.78, 5) is 10.8. The maximum absolute atomic E-state index is 11.5. The SMILES string of the molecule is CCS(=O)(=O)OCc1c(C)c(C)c(C)c(C)c1[N+](=O)[O-].Cc1c(C)c(OS(C)(=O)=O)c(OS(C)(=O)=O)c(OS(C)(=O)=O)c1C. The van der Waals surface area contributed by atoms with E-state index in [4.69, 9.17) is 16.7 Å². The number of hydrogen-bond acceptors (Lipinski definition) is 14. The summed E-state index contributed by atoms with van der Waals surface area (Å²) in [6, 6.07) is 0. The Kier molecular flexibility index (Phi) is 12.4. The van der Waals surface area contributed by atoms with E-state index >= 15 is 0 Å². The molecule has 44 heavy (non-hydrogen) atoms. The van der Waals surface area contributed by atoms with Crippen LogP contribution in [-0.2, 0) is 51.3 Å². The van der Waals surface area contributed by atoms with Gasteiger partial charge in [-0.1, -0.05) is 0 Å². The van der Waals surface area contributed by atoms with Gasteiger partial charge in [0.2, 0.25) is 5.75 Å². The van der Waals surface area contributed by atoms with Crippen LogP contribution in [-0.4, -0.2) is 63.1 Å². The molecule has 0 spiro atoms. The number of benzene rings is 2. The minimum absolute atomic E-state index is 0.0584. The summed E-state index contributed by atoms with van der Waals surface area (Å²) in [5, 5.41) is 11.3. The first-order chi connectivity index (χ1) is 19.6. The van der Waals surface area contributed by atoms with Crippen LogP contribution in [0.1, 0.15) is 51.4 Å². The second kappa shape index (κ2) is 14.0. The molecule has 0 radical (unpaired) electrons. The lowest BCUT2D eigenvalue weighted by Gasteiger charge is -2.20. The molecule has 0 saturated carbocycles. The first-order valence-corrected chi connectivity index (χ1v) is 19.6. The van der Waals surface area contributed by atoms with Gasteiger partial charge in [0, 0.05) is 16.7 Å². The van der Waals surface area contributed by atoms with Crippen molar-refractivity contribution >= 4 is 46.2 Å².